The molecule has 0 aliphatic rings. The smallest absolute Gasteiger partial charge is 0.273 e. The number of amides is 1. The minimum atomic E-state index is -0.245. The Kier molecular flexibility index (Phi) is 5.66. The number of halogens is 1. The van der Waals surface area contributed by atoms with Gasteiger partial charge in [-0.15, -0.1) is 0 Å². The van der Waals surface area contributed by atoms with E-state index in [0.717, 1.165) is 5.56 Å². The molecule has 7 heteroatoms. The van der Waals surface area contributed by atoms with Crippen molar-refractivity contribution in [1.82, 2.24) is 9.78 Å². The average molecular weight is 386 g/mol. The number of nitrogens with one attached hydrogen (secondary N) is 1. The van der Waals surface area contributed by atoms with Crippen molar-refractivity contribution in [2.45, 2.75) is 13.5 Å². The molecular formula is C20H20ClN3O3. The molecule has 0 saturated heterocycles. The first-order valence-electron chi connectivity index (χ1n) is 8.43. The van der Waals surface area contributed by atoms with Gasteiger partial charge in [0.25, 0.3) is 5.91 Å². The first-order valence-corrected chi connectivity index (χ1v) is 8.80. The van der Waals surface area contributed by atoms with E-state index in [1.165, 1.54) is 0 Å². The maximum absolute atomic E-state index is 12.7. The number of aromatic nitrogens is 2. The van der Waals surface area contributed by atoms with Gasteiger partial charge >= 0.3 is 0 Å². The summed E-state index contributed by atoms with van der Waals surface area (Å²) in [5.74, 6) is 1.07. The number of benzene rings is 2. The lowest BCUT2D eigenvalue weighted by Crippen LogP contribution is -2.17. The highest BCUT2D eigenvalue weighted by molar-refractivity contribution is 6.30. The second kappa shape index (κ2) is 8.14. The van der Waals surface area contributed by atoms with Crippen LogP contribution < -0.4 is 14.8 Å². The molecule has 1 N–H and O–H groups in total. The molecule has 0 unspecified atom stereocenters. The summed E-state index contributed by atoms with van der Waals surface area (Å²) in [6, 6.07) is 14.2. The van der Waals surface area contributed by atoms with Gasteiger partial charge in [0.15, 0.2) is 0 Å². The van der Waals surface area contributed by atoms with Crippen LogP contribution in [0.25, 0.3) is 11.3 Å². The summed E-state index contributed by atoms with van der Waals surface area (Å²) in [5, 5.41) is 8.03. The highest BCUT2D eigenvalue weighted by Gasteiger charge is 2.18. The van der Waals surface area contributed by atoms with E-state index in [0.29, 0.717) is 40.1 Å². The Bertz CT molecular complexity index is 952. The fraction of sp³-hybridized carbons (Fsp3) is 0.200. The van der Waals surface area contributed by atoms with Gasteiger partial charge in [-0.2, -0.15) is 5.10 Å². The largest absolute Gasteiger partial charge is 0.497 e. The molecule has 0 radical (unpaired) electrons. The molecule has 1 aromatic heterocycles. The molecule has 6 nitrogen and oxygen atoms in total. The molecule has 2 aromatic carbocycles. The minimum absolute atomic E-state index is 0.245. The van der Waals surface area contributed by atoms with Crippen molar-refractivity contribution in [3.05, 3.63) is 59.2 Å². The Morgan fingerprint density at radius 2 is 1.85 bits per heavy atom. The van der Waals surface area contributed by atoms with E-state index >= 15 is 0 Å². The van der Waals surface area contributed by atoms with Gasteiger partial charge in [0.2, 0.25) is 0 Å². The maximum atomic E-state index is 12.7. The summed E-state index contributed by atoms with van der Waals surface area (Å²) >= 11 is 5.89. The first kappa shape index (κ1) is 18.8. The van der Waals surface area contributed by atoms with Crippen molar-refractivity contribution < 1.29 is 14.3 Å². The number of nitrogens with zero attached hydrogens (tertiary/aromatic N) is 2. The standard InChI is InChI=1S/C20H20ClN3O3/c1-4-24-18(20(25)22-14-7-5-13(21)6-8-14)12-17(23-24)16-10-9-15(26-2)11-19(16)27-3/h5-12H,4H2,1-3H3,(H,22,25). The lowest BCUT2D eigenvalue weighted by molar-refractivity contribution is 0.101. The van der Waals surface area contributed by atoms with E-state index in [-0.39, 0.29) is 5.91 Å². The highest BCUT2D eigenvalue weighted by atomic mass is 35.5. The Morgan fingerprint density at radius 3 is 2.48 bits per heavy atom. The van der Waals surface area contributed by atoms with Crippen LogP contribution in [0.15, 0.2) is 48.5 Å². The minimum Gasteiger partial charge on any atom is -0.497 e. The van der Waals surface area contributed by atoms with E-state index in [1.54, 1.807) is 55.3 Å². The molecule has 3 aromatic rings. The van der Waals surface area contributed by atoms with Gasteiger partial charge in [-0.3, -0.25) is 9.48 Å². The highest BCUT2D eigenvalue weighted by Crippen LogP contribution is 2.33. The molecule has 1 amide bonds. The lowest BCUT2D eigenvalue weighted by Gasteiger charge is -2.08. The van der Waals surface area contributed by atoms with Crippen molar-refractivity contribution >= 4 is 23.2 Å². The zero-order valence-electron chi connectivity index (χ0n) is 15.3. The van der Waals surface area contributed by atoms with Crippen LogP contribution in [-0.4, -0.2) is 29.9 Å². The number of hydrogen-bond donors (Lipinski definition) is 1. The molecule has 0 atom stereocenters. The van der Waals surface area contributed by atoms with E-state index in [2.05, 4.69) is 10.4 Å². The van der Waals surface area contributed by atoms with E-state index < -0.39 is 0 Å². The predicted octanol–water partition coefficient (Wildman–Crippen LogP) is 4.49. The van der Waals surface area contributed by atoms with Gasteiger partial charge < -0.3 is 14.8 Å². The Morgan fingerprint density at radius 1 is 1.11 bits per heavy atom. The second-order valence-electron chi connectivity index (χ2n) is 5.76. The van der Waals surface area contributed by atoms with Gasteiger partial charge in [-0.05, 0) is 49.4 Å². The van der Waals surface area contributed by atoms with Crippen LogP contribution in [0.5, 0.6) is 11.5 Å². The molecule has 0 aliphatic heterocycles. The molecule has 0 saturated carbocycles. The number of methoxy groups -OCH3 is 2. The molecular weight excluding hydrogens is 366 g/mol. The summed E-state index contributed by atoms with van der Waals surface area (Å²) in [6.07, 6.45) is 0. The van der Waals surface area contributed by atoms with E-state index in [9.17, 15) is 4.79 Å². The Labute approximate surface area is 162 Å². The van der Waals surface area contributed by atoms with Crippen LogP contribution in [0.1, 0.15) is 17.4 Å². The topological polar surface area (TPSA) is 65.4 Å². The third-order valence-electron chi connectivity index (χ3n) is 4.10. The van der Waals surface area contributed by atoms with Crippen molar-refractivity contribution in [2.24, 2.45) is 0 Å². The van der Waals surface area contributed by atoms with Crippen LogP contribution in [0.3, 0.4) is 0 Å². The SMILES string of the molecule is CCn1nc(-c2ccc(OC)cc2OC)cc1C(=O)Nc1ccc(Cl)cc1. The number of rotatable bonds is 6. The zero-order valence-corrected chi connectivity index (χ0v) is 16.1. The number of aryl methyl sites for hydroxylation is 1. The normalized spacial score (nSPS) is 10.5. The Hall–Kier alpha value is -2.99. The summed E-state index contributed by atoms with van der Waals surface area (Å²) < 4.78 is 12.3. The monoisotopic (exact) mass is 385 g/mol. The molecule has 1 heterocycles. The number of carbonyl (C=O) groups is 1. The third kappa shape index (κ3) is 4.06. The summed E-state index contributed by atoms with van der Waals surface area (Å²) in [7, 11) is 3.18. The van der Waals surface area contributed by atoms with Gasteiger partial charge in [0.1, 0.15) is 17.2 Å². The first-order chi connectivity index (χ1) is 13.0. The fourth-order valence-electron chi connectivity index (χ4n) is 2.71. The molecule has 0 fully saturated rings. The molecule has 0 bridgehead atoms. The quantitative estimate of drug-likeness (QED) is 0.678. The maximum Gasteiger partial charge on any atom is 0.273 e. The second-order valence-corrected chi connectivity index (χ2v) is 6.19. The van der Waals surface area contributed by atoms with Crippen molar-refractivity contribution in [2.75, 3.05) is 19.5 Å². The van der Waals surface area contributed by atoms with E-state index in [1.807, 2.05) is 19.1 Å². The number of hydrogen-bond acceptors (Lipinski definition) is 4. The molecule has 0 spiro atoms. The number of ether oxygens (including phenoxy) is 2. The molecule has 0 aliphatic carbocycles. The zero-order chi connectivity index (χ0) is 19.4. The van der Waals surface area contributed by atoms with Gasteiger partial charge in [0.05, 0.1) is 19.9 Å². The summed E-state index contributed by atoms with van der Waals surface area (Å²) in [6.45, 7) is 2.49. The van der Waals surface area contributed by atoms with Crippen LogP contribution >= 0.6 is 11.6 Å². The fourth-order valence-corrected chi connectivity index (χ4v) is 2.84. The third-order valence-corrected chi connectivity index (χ3v) is 4.35. The van der Waals surface area contributed by atoms with E-state index in [4.69, 9.17) is 21.1 Å². The molecule has 27 heavy (non-hydrogen) atoms. The van der Waals surface area contributed by atoms with Crippen LogP contribution in [0.4, 0.5) is 5.69 Å². The predicted molar refractivity (Wildman–Crippen MR) is 106 cm³/mol. The van der Waals surface area contributed by atoms with Gasteiger partial charge in [0, 0.05) is 28.9 Å². The molecule has 3 rings (SSSR count). The summed E-state index contributed by atoms with van der Waals surface area (Å²) in [5.41, 5.74) is 2.56. The average Bonchev–Trinajstić information content (AvgIpc) is 3.13. The van der Waals surface area contributed by atoms with Gasteiger partial charge in [-0.25, -0.2) is 0 Å². The Balaban J connectivity index is 1.93. The number of anilines is 1. The number of carbonyl (C=O) groups excluding carboxylic acids is 1. The van der Waals surface area contributed by atoms with Crippen molar-refractivity contribution in [3.63, 3.8) is 0 Å². The molecule has 140 valence electrons. The summed E-state index contributed by atoms with van der Waals surface area (Å²) in [4.78, 5) is 12.7. The van der Waals surface area contributed by atoms with Gasteiger partial charge in [-0.1, -0.05) is 11.6 Å². The van der Waals surface area contributed by atoms with Crippen LogP contribution in [0, 0.1) is 0 Å². The lowest BCUT2D eigenvalue weighted by atomic mass is 10.1. The van der Waals surface area contributed by atoms with Crippen molar-refractivity contribution in [1.29, 1.82) is 0 Å². The van der Waals surface area contributed by atoms with Crippen LogP contribution in [0.2, 0.25) is 5.02 Å². The van der Waals surface area contributed by atoms with Crippen LogP contribution in [-0.2, 0) is 6.54 Å². The van der Waals surface area contributed by atoms with Crippen molar-refractivity contribution in [3.8, 4) is 22.8 Å².